The average molecular weight is 217 g/mol. The third-order valence-electron chi connectivity index (χ3n) is 2.61. The van der Waals surface area contributed by atoms with Crippen molar-refractivity contribution in [3.05, 3.63) is 29.6 Å². The minimum Gasteiger partial charge on any atom is -0.478 e. The molecule has 0 aliphatic rings. The van der Waals surface area contributed by atoms with Gasteiger partial charge in [-0.3, -0.25) is 0 Å². The molecule has 0 radical (unpaired) electrons. The first-order valence-corrected chi connectivity index (χ1v) is 5.02. The number of carbonyl (C=O) groups is 1. The molecular formula is C10H12BN3O2. The molecule has 0 saturated carbocycles. The molecule has 6 heteroatoms. The first-order valence-electron chi connectivity index (χ1n) is 5.02. The van der Waals surface area contributed by atoms with Crippen molar-refractivity contribution in [2.75, 3.05) is 0 Å². The van der Waals surface area contributed by atoms with Gasteiger partial charge in [-0.1, -0.05) is 6.07 Å². The Labute approximate surface area is 93.3 Å². The molecular weight excluding hydrogens is 205 g/mol. The van der Waals surface area contributed by atoms with Gasteiger partial charge >= 0.3 is 5.97 Å². The Balaban J connectivity index is 2.61. The lowest BCUT2D eigenvalue weighted by atomic mass is 10.2. The van der Waals surface area contributed by atoms with E-state index in [1.165, 1.54) is 0 Å². The molecule has 0 unspecified atom stereocenters. The summed E-state index contributed by atoms with van der Waals surface area (Å²) < 4.78 is 0. The fraction of sp³-hybridized carbons (Fsp3) is 0.200. The van der Waals surface area contributed by atoms with Gasteiger partial charge in [0.25, 0.3) is 0 Å². The highest BCUT2D eigenvalue weighted by Gasteiger charge is 2.14. The molecule has 0 aliphatic heterocycles. The van der Waals surface area contributed by atoms with E-state index in [9.17, 15) is 4.79 Å². The molecule has 0 fully saturated rings. The summed E-state index contributed by atoms with van der Waals surface area (Å²) in [6, 6.07) is 5.12. The second-order valence-corrected chi connectivity index (χ2v) is 3.64. The quantitative estimate of drug-likeness (QED) is 0.652. The molecule has 0 amide bonds. The van der Waals surface area contributed by atoms with Crippen LogP contribution in [0.4, 0.5) is 0 Å². The second-order valence-electron chi connectivity index (χ2n) is 3.64. The molecule has 5 nitrogen and oxygen atoms in total. The van der Waals surface area contributed by atoms with Gasteiger partial charge < -0.3 is 15.3 Å². The van der Waals surface area contributed by atoms with Gasteiger partial charge in [0.2, 0.25) is 0 Å². The molecule has 0 saturated heterocycles. The van der Waals surface area contributed by atoms with Gasteiger partial charge in [0, 0.05) is 0 Å². The van der Waals surface area contributed by atoms with Crippen LogP contribution in [0.1, 0.15) is 29.1 Å². The molecule has 1 heterocycles. The van der Waals surface area contributed by atoms with E-state index < -0.39 is 5.97 Å². The number of carboxylic acid groups (broad SMARTS) is 1. The number of H-pyrrole nitrogens is 1. The Morgan fingerprint density at radius 1 is 1.62 bits per heavy atom. The zero-order valence-electron chi connectivity index (χ0n) is 9.11. The van der Waals surface area contributed by atoms with Crippen molar-refractivity contribution >= 4 is 25.0 Å². The van der Waals surface area contributed by atoms with Crippen LogP contribution in [-0.2, 0) is 0 Å². The summed E-state index contributed by atoms with van der Waals surface area (Å²) in [5.74, 6) is -0.205. The number of imidazole rings is 1. The first-order chi connectivity index (χ1) is 7.63. The Kier molecular flexibility index (Phi) is 2.66. The van der Waals surface area contributed by atoms with E-state index in [2.05, 4.69) is 15.2 Å². The number of benzene rings is 1. The number of aromatic amines is 1. The van der Waals surface area contributed by atoms with Crippen LogP contribution in [0.3, 0.4) is 0 Å². The number of aromatic carboxylic acids is 1. The van der Waals surface area contributed by atoms with Gasteiger partial charge in [0.05, 0.1) is 22.6 Å². The van der Waals surface area contributed by atoms with Crippen LogP contribution in [-0.4, -0.2) is 29.0 Å². The molecule has 0 bridgehead atoms. The van der Waals surface area contributed by atoms with Gasteiger partial charge in [-0.25, -0.2) is 9.78 Å². The van der Waals surface area contributed by atoms with Gasteiger partial charge in [-0.05, 0) is 19.1 Å². The van der Waals surface area contributed by atoms with E-state index in [0.29, 0.717) is 11.0 Å². The topological polar surface area (TPSA) is 78.0 Å². The minimum atomic E-state index is -0.946. The van der Waals surface area contributed by atoms with Crippen LogP contribution in [0.15, 0.2) is 18.2 Å². The summed E-state index contributed by atoms with van der Waals surface area (Å²) in [4.78, 5) is 18.4. The van der Waals surface area contributed by atoms with Crippen molar-refractivity contribution in [2.45, 2.75) is 13.0 Å². The van der Waals surface area contributed by atoms with Crippen molar-refractivity contribution in [3.8, 4) is 0 Å². The standard InChI is InChI=1S/C10H12BN3O2/c1-5(14-11)9-12-7-4-2-3-6(10(15)16)8(7)13-9/h2-5,14H,11H2,1H3,(H,12,13)(H,15,16)/t5-/m0/s1. The number of hydrogen-bond donors (Lipinski definition) is 3. The second kappa shape index (κ2) is 3.98. The molecule has 3 N–H and O–H groups in total. The van der Waals surface area contributed by atoms with Crippen molar-refractivity contribution in [2.24, 2.45) is 0 Å². The largest absolute Gasteiger partial charge is 0.478 e. The zero-order chi connectivity index (χ0) is 11.7. The lowest BCUT2D eigenvalue weighted by molar-refractivity contribution is 0.0699. The van der Waals surface area contributed by atoms with Gasteiger partial charge in [0.15, 0.2) is 7.98 Å². The summed E-state index contributed by atoms with van der Waals surface area (Å²) >= 11 is 0. The smallest absolute Gasteiger partial charge is 0.337 e. The van der Waals surface area contributed by atoms with Crippen LogP contribution in [0, 0.1) is 0 Å². The lowest BCUT2D eigenvalue weighted by Gasteiger charge is -2.04. The summed E-state index contributed by atoms with van der Waals surface area (Å²) in [5, 5.41) is 12.1. The van der Waals surface area contributed by atoms with Crippen molar-refractivity contribution in [1.29, 1.82) is 0 Å². The summed E-state index contributed by atoms with van der Waals surface area (Å²) in [5.41, 5.74) is 1.50. The molecule has 1 atom stereocenters. The summed E-state index contributed by atoms with van der Waals surface area (Å²) in [7, 11) is 1.83. The van der Waals surface area contributed by atoms with Crippen molar-refractivity contribution in [3.63, 3.8) is 0 Å². The number of nitrogens with one attached hydrogen (secondary N) is 2. The van der Waals surface area contributed by atoms with E-state index in [1.807, 2.05) is 14.9 Å². The predicted molar refractivity (Wildman–Crippen MR) is 63.1 cm³/mol. The maximum atomic E-state index is 11.0. The normalized spacial score (nSPS) is 12.8. The molecule has 2 aromatic rings. The maximum absolute atomic E-state index is 11.0. The number of para-hydroxylation sites is 1. The highest BCUT2D eigenvalue weighted by atomic mass is 16.4. The van der Waals surface area contributed by atoms with Crippen LogP contribution in [0.5, 0.6) is 0 Å². The maximum Gasteiger partial charge on any atom is 0.337 e. The molecule has 16 heavy (non-hydrogen) atoms. The monoisotopic (exact) mass is 217 g/mol. The fourth-order valence-corrected chi connectivity index (χ4v) is 1.57. The Morgan fingerprint density at radius 3 is 3.00 bits per heavy atom. The number of aromatic nitrogens is 2. The van der Waals surface area contributed by atoms with Crippen LogP contribution in [0.25, 0.3) is 11.0 Å². The van der Waals surface area contributed by atoms with E-state index >= 15 is 0 Å². The highest BCUT2D eigenvalue weighted by molar-refractivity contribution is 6.04. The molecule has 0 spiro atoms. The van der Waals surface area contributed by atoms with E-state index in [0.717, 1.165) is 5.82 Å². The number of carboxylic acids is 1. The zero-order valence-corrected chi connectivity index (χ0v) is 9.11. The number of fused-ring (bicyclic) bond motifs is 1. The van der Waals surface area contributed by atoms with Crippen LogP contribution < -0.4 is 5.23 Å². The third kappa shape index (κ3) is 1.67. The van der Waals surface area contributed by atoms with Gasteiger partial charge in [-0.15, -0.1) is 0 Å². The first kappa shape index (κ1) is 10.7. The molecule has 1 aromatic carbocycles. The number of rotatable bonds is 3. The van der Waals surface area contributed by atoms with Crippen molar-refractivity contribution < 1.29 is 9.90 Å². The Hall–Kier alpha value is -1.82. The highest BCUT2D eigenvalue weighted by Crippen LogP contribution is 2.19. The average Bonchev–Trinajstić information content (AvgIpc) is 2.70. The van der Waals surface area contributed by atoms with Crippen molar-refractivity contribution in [1.82, 2.24) is 15.2 Å². The van der Waals surface area contributed by atoms with Crippen LogP contribution in [0.2, 0.25) is 0 Å². The molecule has 2 rings (SSSR count). The van der Waals surface area contributed by atoms with E-state index in [-0.39, 0.29) is 11.6 Å². The lowest BCUT2D eigenvalue weighted by Crippen LogP contribution is -2.15. The summed E-state index contributed by atoms with van der Waals surface area (Å²) in [6.07, 6.45) is 0. The summed E-state index contributed by atoms with van der Waals surface area (Å²) in [6.45, 7) is 1.96. The van der Waals surface area contributed by atoms with E-state index in [1.54, 1.807) is 18.2 Å². The minimum absolute atomic E-state index is 0.0639. The van der Waals surface area contributed by atoms with Crippen LogP contribution >= 0.6 is 0 Å². The molecule has 1 aromatic heterocycles. The molecule has 0 aliphatic carbocycles. The fourth-order valence-electron chi connectivity index (χ4n) is 1.57. The Morgan fingerprint density at radius 2 is 2.38 bits per heavy atom. The predicted octanol–water partition coefficient (Wildman–Crippen LogP) is 0.460. The van der Waals surface area contributed by atoms with Gasteiger partial charge in [0.1, 0.15) is 5.82 Å². The Bertz CT molecular complexity index is 538. The van der Waals surface area contributed by atoms with Gasteiger partial charge in [-0.2, -0.15) is 0 Å². The number of hydrogen-bond acceptors (Lipinski definition) is 3. The number of nitrogens with zero attached hydrogens (tertiary/aromatic N) is 1. The van der Waals surface area contributed by atoms with E-state index in [4.69, 9.17) is 5.11 Å². The SMILES string of the molecule is BN[C@@H](C)c1nc2cccc(C(=O)O)c2[nH]1. The molecule has 82 valence electrons. The third-order valence-corrected chi connectivity index (χ3v) is 2.61.